The minimum atomic E-state index is -3.75. The molecular formula is C13H17ClN2O4S. The van der Waals surface area contributed by atoms with E-state index >= 15 is 0 Å². The number of carbonyl (C=O) groups is 1. The van der Waals surface area contributed by atoms with E-state index in [0.29, 0.717) is 19.6 Å². The Morgan fingerprint density at radius 3 is 2.81 bits per heavy atom. The first kappa shape index (κ1) is 16.2. The van der Waals surface area contributed by atoms with Crippen molar-refractivity contribution >= 4 is 27.6 Å². The van der Waals surface area contributed by atoms with Crippen LogP contribution in [0.2, 0.25) is 5.02 Å². The van der Waals surface area contributed by atoms with Crippen LogP contribution < -0.4 is 5.32 Å². The van der Waals surface area contributed by atoms with E-state index in [9.17, 15) is 13.2 Å². The Labute approximate surface area is 129 Å². The van der Waals surface area contributed by atoms with Gasteiger partial charge in [0, 0.05) is 25.7 Å². The van der Waals surface area contributed by atoms with E-state index in [1.807, 2.05) is 6.92 Å². The lowest BCUT2D eigenvalue weighted by molar-refractivity contribution is 0.0600. The quantitative estimate of drug-likeness (QED) is 0.839. The number of esters is 1. The molecule has 0 radical (unpaired) electrons. The summed E-state index contributed by atoms with van der Waals surface area (Å²) in [6.07, 6.45) is 0. The summed E-state index contributed by atoms with van der Waals surface area (Å²) < 4.78 is 31.5. The van der Waals surface area contributed by atoms with Crippen LogP contribution in [0, 0.1) is 0 Å². The fourth-order valence-corrected chi connectivity index (χ4v) is 4.38. The molecule has 21 heavy (non-hydrogen) atoms. The van der Waals surface area contributed by atoms with E-state index in [1.54, 1.807) is 0 Å². The normalized spacial score (nSPS) is 20.2. The van der Waals surface area contributed by atoms with Gasteiger partial charge in [-0.25, -0.2) is 13.2 Å². The lowest BCUT2D eigenvalue weighted by Crippen LogP contribution is -2.52. The number of benzene rings is 1. The van der Waals surface area contributed by atoms with Crippen molar-refractivity contribution in [1.82, 2.24) is 9.62 Å². The Hall–Kier alpha value is -1.15. The highest BCUT2D eigenvalue weighted by atomic mass is 35.5. The zero-order chi connectivity index (χ0) is 15.6. The second kappa shape index (κ2) is 6.31. The van der Waals surface area contributed by atoms with Gasteiger partial charge in [-0.1, -0.05) is 11.6 Å². The van der Waals surface area contributed by atoms with Crippen molar-refractivity contribution < 1.29 is 17.9 Å². The lowest BCUT2D eigenvalue weighted by atomic mass is 10.2. The summed E-state index contributed by atoms with van der Waals surface area (Å²) in [4.78, 5) is 11.5. The Bertz CT molecular complexity index is 648. The smallest absolute Gasteiger partial charge is 0.337 e. The van der Waals surface area contributed by atoms with E-state index in [0.717, 1.165) is 0 Å². The van der Waals surface area contributed by atoms with Gasteiger partial charge in [0.05, 0.1) is 17.7 Å². The third-order valence-electron chi connectivity index (χ3n) is 3.38. The maximum Gasteiger partial charge on any atom is 0.337 e. The first-order valence-electron chi connectivity index (χ1n) is 6.48. The van der Waals surface area contributed by atoms with Crippen molar-refractivity contribution in [2.75, 3.05) is 26.7 Å². The van der Waals surface area contributed by atoms with Crippen molar-refractivity contribution in [3.63, 3.8) is 0 Å². The number of nitrogens with zero attached hydrogens (tertiary/aromatic N) is 1. The Morgan fingerprint density at radius 1 is 1.48 bits per heavy atom. The van der Waals surface area contributed by atoms with Crippen molar-refractivity contribution in [3.8, 4) is 0 Å². The zero-order valence-corrected chi connectivity index (χ0v) is 13.4. The van der Waals surface area contributed by atoms with Gasteiger partial charge in [-0.2, -0.15) is 4.31 Å². The van der Waals surface area contributed by atoms with Gasteiger partial charge in [-0.15, -0.1) is 0 Å². The molecule has 1 saturated heterocycles. The summed E-state index contributed by atoms with van der Waals surface area (Å²) in [5.74, 6) is -0.600. The molecule has 1 aromatic rings. The summed E-state index contributed by atoms with van der Waals surface area (Å²) >= 11 is 6.02. The molecule has 0 bridgehead atoms. The molecule has 0 aromatic heterocycles. The van der Waals surface area contributed by atoms with Gasteiger partial charge in [0.1, 0.15) is 4.90 Å². The van der Waals surface area contributed by atoms with Crippen molar-refractivity contribution in [2.45, 2.75) is 17.9 Å². The molecule has 1 atom stereocenters. The number of hydrogen-bond donors (Lipinski definition) is 1. The second-order valence-electron chi connectivity index (χ2n) is 4.81. The van der Waals surface area contributed by atoms with Crippen LogP contribution in [0.3, 0.4) is 0 Å². The van der Waals surface area contributed by atoms with E-state index in [2.05, 4.69) is 10.1 Å². The molecule has 1 heterocycles. The van der Waals surface area contributed by atoms with Gasteiger partial charge in [-0.05, 0) is 25.1 Å². The molecule has 0 spiro atoms. The van der Waals surface area contributed by atoms with Crippen LogP contribution in [-0.2, 0) is 14.8 Å². The fourth-order valence-electron chi connectivity index (χ4n) is 2.25. The third-order valence-corrected chi connectivity index (χ3v) is 5.87. The summed E-state index contributed by atoms with van der Waals surface area (Å²) in [5.41, 5.74) is 0.156. The van der Waals surface area contributed by atoms with Crippen LogP contribution in [0.15, 0.2) is 23.1 Å². The predicted molar refractivity (Wildman–Crippen MR) is 79.0 cm³/mol. The van der Waals surface area contributed by atoms with Crippen LogP contribution in [-0.4, -0.2) is 51.5 Å². The molecule has 0 aliphatic carbocycles. The number of nitrogens with one attached hydrogen (secondary N) is 1. The topological polar surface area (TPSA) is 75.7 Å². The van der Waals surface area contributed by atoms with E-state index < -0.39 is 16.0 Å². The van der Waals surface area contributed by atoms with Crippen LogP contribution in [0.25, 0.3) is 0 Å². The highest BCUT2D eigenvalue weighted by Crippen LogP contribution is 2.27. The van der Waals surface area contributed by atoms with Crippen LogP contribution >= 0.6 is 11.6 Å². The second-order valence-corrected chi connectivity index (χ2v) is 7.07. The number of methoxy groups -OCH3 is 1. The molecule has 1 N–H and O–H groups in total. The summed E-state index contributed by atoms with van der Waals surface area (Å²) in [6.45, 7) is 3.34. The number of carbonyl (C=O) groups excluding carboxylic acids is 1. The van der Waals surface area contributed by atoms with Crippen molar-refractivity contribution in [1.29, 1.82) is 0 Å². The monoisotopic (exact) mass is 332 g/mol. The predicted octanol–water partition coefficient (Wildman–Crippen LogP) is 1.11. The highest BCUT2D eigenvalue weighted by molar-refractivity contribution is 7.89. The molecule has 0 amide bonds. The number of ether oxygens (including phenoxy) is 1. The van der Waals surface area contributed by atoms with Crippen LogP contribution in [0.4, 0.5) is 0 Å². The zero-order valence-electron chi connectivity index (χ0n) is 11.8. The van der Waals surface area contributed by atoms with Gasteiger partial charge >= 0.3 is 5.97 Å². The Kier molecular flexibility index (Phi) is 4.88. The molecule has 116 valence electrons. The van der Waals surface area contributed by atoms with Crippen LogP contribution in [0.5, 0.6) is 0 Å². The molecule has 1 unspecified atom stereocenters. The minimum Gasteiger partial charge on any atom is -0.465 e. The molecule has 1 aliphatic heterocycles. The number of sulfonamides is 1. The Morgan fingerprint density at radius 2 is 2.19 bits per heavy atom. The summed E-state index contributed by atoms with van der Waals surface area (Å²) in [7, 11) is -2.51. The Balaban J connectivity index is 2.46. The largest absolute Gasteiger partial charge is 0.465 e. The standard InChI is InChI=1S/C13H17ClN2O4S/c1-9-8-15-5-6-16(9)21(18,19)12-7-10(13(17)20-2)3-4-11(12)14/h3-4,7,9,15H,5-6,8H2,1-2H3. The molecular weight excluding hydrogens is 316 g/mol. The first-order valence-corrected chi connectivity index (χ1v) is 8.30. The van der Waals surface area contributed by atoms with Gasteiger partial charge in [0.25, 0.3) is 0 Å². The molecule has 1 aliphatic rings. The average molecular weight is 333 g/mol. The first-order chi connectivity index (χ1) is 9.87. The minimum absolute atomic E-state index is 0.0687. The molecule has 1 fully saturated rings. The average Bonchev–Trinajstić information content (AvgIpc) is 2.47. The summed E-state index contributed by atoms with van der Waals surface area (Å²) in [6, 6.07) is 3.92. The molecule has 2 rings (SSSR count). The molecule has 6 nitrogen and oxygen atoms in total. The van der Waals surface area contributed by atoms with Gasteiger partial charge in [0.15, 0.2) is 0 Å². The number of rotatable bonds is 3. The van der Waals surface area contributed by atoms with E-state index in [4.69, 9.17) is 11.6 Å². The molecule has 8 heteroatoms. The highest BCUT2D eigenvalue weighted by Gasteiger charge is 2.32. The molecule has 0 saturated carbocycles. The number of piperazine rings is 1. The molecule has 1 aromatic carbocycles. The van der Waals surface area contributed by atoms with Gasteiger partial charge in [-0.3, -0.25) is 0 Å². The van der Waals surface area contributed by atoms with Crippen molar-refractivity contribution in [2.24, 2.45) is 0 Å². The summed E-state index contributed by atoms with van der Waals surface area (Å²) in [5, 5.41) is 3.22. The SMILES string of the molecule is COC(=O)c1ccc(Cl)c(S(=O)(=O)N2CCNCC2C)c1. The van der Waals surface area contributed by atoms with Crippen molar-refractivity contribution in [3.05, 3.63) is 28.8 Å². The van der Waals surface area contributed by atoms with Crippen LogP contribution in [0.1, 0.15) is 17.3 Å². The number of halogens is 1. The number of hydrogen-bond acceptors (Lipinski definition) is 5. The fraction of sp³-hybridized carbons (Fsp3) is 0.462. The van der Waals surface area contributed by atoms with Gasteiger partial charge < -0.3 is 10.1 Å². The van der Waals surface area contributed by atoms with E-state index in [1.165, 1.54) is 29.6 Å². The maximum absolute atomic E-state index is 12.7. The van der Waals surface area contributed by atoms with Gasteiger partial charge in [0.2, 0.25) is 10.0 Å². The third kappa shape index (κ3) is 3.21. The lowest BCUT2D eigenvalue weighted by Gasteiger charge is -2.33. The maximum atomic E-state index is 12.7. The van der Waals surface area contributed by atoms with E-state index in [-0.39, 0.29) is 21.5 Å².